The van der Waals surface area contributed by atoms with Crippen LogP contribution in [0.15, 0.2) is 42.6 Å². The number of fused-ring (bicyclic) bond motifs is 1. The molecule has 27 heavy (non-hydrogen) atoms. The van der Waals surface area contributed by atoms with Gasteiger partial charge in [0.05, 0.1) is 11.6 Å². The highest BCUT2D eigenvalue weighted by atomic mass is 16.2. The molecule has 0 aliphatic rings. The molecule has 2 N–H and O–H groups in total. The molecule has 6 heteroatoms. The van der Waals surface area contributed by atoms with Gasteiger partial charge in [0.2, 0.25) is 5.91 Å². The lowest BCUT2D eigenvalue weighted by molar-refractivity contribution is -0.115. The minimum atomic E-state index is -0.172. The van der Waals surface area contributed by atoms with Crippen LogP contribution < -0.4 is 10.6 Å². The quantitative estimate of drug-likeness (QED) is 0.723. The zero-order valence-corrected chi connectivity index (χ0v) is 16.0. The molecule has 2 heterocycles. The van der Waals surface area contributed by atoms with Gasteiger partial charge in [-0.3, -0.25) is 9.59 Å². The van der Waals surface area contributed by atoms with Crippen molar-refractivity contribution in [3.8, 4) is 0 Å². The molecule has 0 saturated carbocycles. The average molecular weight is 364 g/mol. The van der Waals surface area contributed by atoms with Crippen molar-refractivity contribution in [2.75, 3.05) is 5.32 Å². The third-order valence-electron chi connectivity index (χ3n) is 4.55. The molecule has 0 aliphatic carbocycles. The van der Waals surface area contributed by atoms with Crippen LogP contribution in [0, 0.1) is 13.8 Å². The van der Waals surface area contributed by atoms with E-state index in [1.54, 1.807) is 6.07 Å². The highest BCUT2D eigenvalue weighted by Crippen LogP contribution is 2.19. The highest BCUT2D eigenvalue weighted by molar-refractivity contribution is 6.00. The van der Waals surface area contributed by atoms with E-state index in [0.717, 1.165) is 22.6 Å². The second-order valence-electron chi connectivity index (χ2n) is 6.68. The van der Waals surface area contributed by atoms with E-state index < -0.39 is 0 Å². The van der Waals surface area contributed by atoms with E-state index in [1.807, 2.05) is 68.6 Å². The van der Waals surface area contributed by atoms with Crippen molar-refractivity contribution < 1.29 is 9.59 Å². The summed E-state index contributed by atoms with van der Waals surface area (Å²) in [6, 6.07) is 11.1. The zero-order valence-electron chi connectivity index (χ0n) is 16.0. The van der Waals surface area contributed by atoms with E-state index in [0.29, 0.717) is 17.6 Å². The largest absolute Gasteiger partial charge is 0.345 e. The van der Waals surface area contributed by atoms with E-state index in [4.69, 9.17) is 0 Å². The van der Waals surface area contributed by atoms with Gasteiger partial charge in [-0.25, -0.2) is 4.98 Å². The normalized spacial score (nSPS) is 12.0. The van der Waals surface area contributed by atoms with E-state index in [9.17, 15) is 9.59 Å². The number of aromatic nitrogens is 2. The van der Waals surface area contributed by atoms with Gasteiger partial charge in [-0.15, -0.1) is 0 Å². The first kappa shape index (κ1) is 18.6. The first-order valence-corrected chi connectivity index (χ1v) is 9.05. The summed E-state index contributed by atoms with van der Waals surface area (Å²) in [5, 5.41) is 5.84. The number of nitrogens with zero attached hydrogens (tertiary/aromatic N) is 2. The molecular formula is C21H24N4O2. The summed E-state index contributed by atoms with van der Waals surface area (Å²) in [5.74, 6) is -0.186. The van der Waals surface area contributed by atoms with Crippen molar-refractivity contribution in [1.82, 2.24) is 14.7 Å². The van der Waals surface area contributed by atoms with Gasteiger partial charge in [0.25, 0.3) is 5.91 Å². The Morgan fingerprint density at radius 2 is 1.85 bits per heavy atom. The number of nitrogens with one attached hydrogen (secondary N) is 2. The molecule has 140 valence electrons. The van der Waals surface area contributed by atoms with Crippen LogP contribution in [0.1, 0.15) is 53.6 Å². The number of anilines is 1. The summed E-state index contributed by atoms with van der Waals surface area (Å²) in [5.41, 5.74) is 4.84. The molecule has 0 spiro atoms. The van der Waals surface area contributed by atoms with Crippen LogP contribution in [0.2, 0.25) is 0 Å². The topological polar surface area (TPSA) is 75.5 Å². The highest BCUT2D eigenvalue weighted by Gasteiger charge is 2.17. The number of benzene rings is 1. The van der Waals surface area contributed by atoms with Crippen molar-refractivity contribution in [2.45, 2.75) is 40.2 Å². The number of hydrogen-bond donors (Lipinski definition) is 2. The molecule has 2 aromatic heterocycles. The van der Waals surface area contributed by atoms with Crippen LogP contribution in [0.5, 0.6) is 0 Å². The van der Waals surface area contributed by atoms with Crippen LogP contribution in [0.4, 0.5) is 5.69 Å². The van der Waals surface area contributed by atoms with Gasteiger partial charge < -0.3 is 15.0 Å². The molecule has 2 amide bonds. The lowest BCUT2D eigenvalue weighted by atomic mass is 10.1. The Labute approximate surface area is 158 Å². The second-order valence-corrected chi connectivity index (χ2v) is 6.68. The van der Waals surface area contributed by atoms with Gasteiger partial charge in [-0.1, -0.05) is 19.1 Å². The Morgan fingerprint density at radius 1 is 1.15 bits per heavy atom. The Hall–Kier alpha value is -3.15. The summed E-state index contributed by atoms with van der Waals surface area (Å²) < 4.78 is 1.91. The number of hydrogen-bond acceptors (Lipinski definition) is 3. The van der Waals surface area contributed by atoms with Crippen molar-refractivity contribution in [3.63, 3.8) is 0 Å². The van der Waals surface area contributed by atoms with Gasteiger partial charge >= 0.3 is 0 Å². The predicted octanol–water partition coefficient (Wildman–Crippen LogP) is 3.79. The molecule has 0 bridgehead atoms. The number of carbonyl (C=O) groups is 2. The maximum Gasteiger partial charge on any atom is 0.255 e. The molecule has 3 aromatic rings. The van der Waals surface area contributed by atoms with Gasteiger partial charge in [0.15, 0.2) is 0 Å². The fourth-order valence-corrected chi connectivity index (χ4v) is 3.03. The van der Waals surface area contributed by atoms with E-state index in [2.05, 4.69) is 15.6 Å². The molecule has 0 aliphatic heterocycles. The number of aryl methyl sites for hydroxylation is 2. The Morgan fingerprint density at radius 3 is 2.52 bits per heavy atom. The number of amides is 2. The minimum Gasteiger partial charge on any atom is -0.345 e. The zero-order chi connectivity index (χ0) is 19.6. The molecule has 0 fully saturated rings. The molecule has 3 rings (SSSR count). The van der Waals surface area contributed by atoms with Crippen LogP contribution in [-0.4, -0.2) is 21.2 Å². The molecule has 1 atom stereocenters. The second kappa shape index (κ2) is 7.61. The van der Waals surface area contributed by atoms with Gasteiger partial charge in [0, 0.05) is 29.7 Å². The van der Waals surface area contributed by atoms with E-state index in [1.165, 1.54) is 0 Å². The summed E-state index contributed by atoms with van der Waals surface area (Å²) in [4.78, 5) is 28.7. The SMILES string of the molecule is CCC(=O)Nc1ccc(C(C)NC(=O)c2ccn3c(C)cc(C)nc23)cc1. The van der Waals surface area contributed by atoms with Crippen molar-refractivity contribution in [2.24, 2.45) is 0 Å². The lowest BCUT2D eigenvalue weighted by Gasteiger charge is -2.15. The summed E-state index contributed by atoms with van der Waals surface area (Å²) in [6.07, 6.45) is 2.30. The van der Waals surface area contributed by atoms with Crippen molar-refractivity contribution in [1.29, 1.82) is 0 Å². The fourth-order valence-electron chi connectivity index (χ4n) is 3.03. The monoisotopic (exact) mass is 364 g/mol. The lowest BCUT2D eigenvalue weighted by Crippen LogP contribution is -2.26. The van der Waals surface area contributed by atoms with Crippen LogP contribution in [0.25, 0.3) is 5.65 Å². The van der Waals surface area contributed by atoms with Crippen LogP contribution >= 0.6 is 0 Å². The van der Waals surface area contributed by atoms with E-state index >= 15 is 0 Å². The van der Waals surface area contributed by atoms with Gasteiger partial charge in [0.1, 0.15) is 5.65 Å². The number of rotatable bonds is 5. The van der Waals surface area contributed by atoms with Crippen LogP contribution in [0.3, 0.4) is 0 Å². The number of carbonyl (C=O) groups excluding carboxylic acids is 2. The minimum absolute atomic E-state index is 0.0252. The average Bonchev–Trinajstić information content (AvgIpc) is 3.06. The molecule has 0 radical (unpaired) electrons. The summed E-state index contributed by atoms with van der Waals surface area (Å²) in [6.45, 7) is 7.65. The van der Waals surface area contributed by atoms with Crippen molar-refractivity contribution >= 4 is 23.1 Å². The summed E-state index contributed by atoms with van der Waals surface area (Å²) in [7, 11) is 0. The smallest absolute Gasteiger partial charge is 0.255 e. The van der Waals surface area contributed by atoms with E-state index in [-0.39, 0.29) is 17.9 Å². The van der Waals surface area contributed by atoms with Crippen LogP contribution in [-0.2, 0) is 4.79 Å². The Balaban J connectivity index is 1.75. The maximum absolute atomic E-state index is 12.8. The maximum atomic E-state index is 12.8. The Bertz CT molecular complexity index is 989. The van der Waals surface area contributed by atoms with Gasteiger partial charge in [-0.05, 0) is 50.6 Å². The first-order chi connectivity index (χ1) is 12.9. The third kappa shape index (κ3) is 4.00. The van der Waals surface area contributed by atoms with Crippen molar-refractivity contribution in [3.05, 3.63) is 65.1 Å². The van der Waals surface area contributed by atoms with Gasteiger partial charge in [-0.2, -0.15) is 0 Å². The molecule has 0 saturated heterocycles. The predicted molar refractivity (Wildman–Crippen MR) is 106 cm³/mol. The molecule has 1 aromatic carbocycles. The Kier molecular flexibility index (Phi) is 5.26. The fraction of sp³-hybridized carbons (Fsp3) is 0.286. The molecule has 6 nitrogen and oxygen atoms in total. The molecule has 1 unspecified atom stereocenters. The summed E-state index contributed by atoms with van der Waals surface area (Å²) >= 11 is 0. The third-order valence-corrected chi connectivity index (χ3v) is 4.55. The first-order valence-electron chi connectivity index (χ1n) is 9.05. The molecular weight excluding hydrogens is 340 g/mol. The standard InChI is InChI=1S/C21H24N4O2/c1-5-19(26)24-17-8-6-16(7-9-17)15(4)23-21(27)18-10-11-25-14(3)12-13(2)22-20(18)25/h6-12,15H,5H2,1-4H3,(H,23,27)(H,24,26).